The van der Waals surface area contributed by atoms with Crippen LogP contribution in [0.3, 0.4) is 0 Å². The molecule has 1 aromatic heterocycles. The minimum Gasteiger partial charge on any atom is -0.388 e. The van der Waals surface area contributed by atoms with Gasteiger partial charge in [0.1, 0.15) is 6.61 Å². The molecule has 2 aromatic carbocycles. The van der Waals surface area contributed by atoms with E-state index in [4.69, 9.17) is 16.7 Å². The number of carbonyl (C=O) groups is 1. The van der Waals surface area contributed by atoms with Crippen LogP contribution < -0.4 is 11.2 Å². The number of rotatable bonds is 4. The molecule has 0 radical (unpaired) electrons. The van der Waals surface area contributed by atoms with Crippen LogP contribution >= 0.6 is 11.6 Å². The summed E-state index contributed by atoms with van der Waals surface area (Å²) in [5.74, 6) is -0.372. The number of aliphatic hydroxyl groups excluding tert-OH is 1. The summed E-state index contributed by atoms with van der Waals surface area (Å²) in [4.78, 5) is 36.3. The van der Waals surface area contributed by atoms with Crippen LogP contribution in [-0.2, 0) is 13.6 Å². The molecule has 0 aliphatic rings. The van der Waals surface area contributed by atoms with E-state index in [2.05, 4.69) is 0 Å². The molecule has 0 atom stereocenters. The minimum atomic E-state index is -0.553. The summed E-state index contributed by atoms with van der Waals surface area (Å²) in [6, 6.07) is 11.4. The second kappa shape index (κ2) is 6.66. The zero-order valence-corrected chi connectivity index (χ0v) is 14.2. The molecule has 0 aliphatic carbocycles. The predicted octanol–water partition coefficient (Wildman–Crippen LogP) is 1.58. The first-order valence-electron chi connectivity index (χ1n) is 7.54. The second-order valence-corrected chi connectivity index (χ2v) is 6.11. The summed E-state index contributed by atoms with van der Waals surface area (Å²) in [5, 5.41) is 9.72. The van der Waals surface area contributed by atoms with Crippen LogP contribution in [0.4, 0.5) is 0 Å². The zero-order chi connectivity index (χ0) is 18.1. The van der Waals surface area contributed by atoms with Gasteiger partial charge in [0.2, 0.25) is 0 Å². The molecule has 1 N–H and O–H groups in total. The maximum atomic E-state index is 12.5. The van der Waals surface area contributed by atoms with Crippen LogP contribution in [0.1, 0.15) is 15.9 Å². The molecule has 0 unspecified atom stereocenters. The molecule has 3 aromatic rings. The van der Waals surface area contributed by atoms with Crippen molar-refractivity contribution in [1.29, 1.82) is 0 Å². The molecule has 0 bridgehead atoms. The molecule has 6 nitrogen and oxygen atoms in total. The number of halogens is 1. The van der Waals surface area contributed by atoms with Crippen LogP contribution in [0.2, 0.25) is 5.02 Å². The lowest BCUT2D eigenvalue weighted by Crippen LogP contribution is -2.38. The van der Waals surface area contributed by atoms with Crippen molar-refractivity contribution >= 4 is 28.3 Å². The third-order valence-electron chi connectivity index (χ3n) is 4.06. The van der Waals surface area contributed by atoms with Crippen LogP contribution in [0.25, 0.3) is 10.9 Å². The Bertz CT molecular complexity index is 1080. The Labute approximate surface area is 147 Å². The lowest BCUT2D eigenvalue weighted by atomic mass is 10.1. The average molecular weight is 359 g/mol. The number of ketones is 1. The monoisotopic (exact) mass is 358 g/mol. The number of nitrogens with zero attached hydrogens (tertiary/aromatic N) is 2. The Morgan fingerprint density at radius 3 is 2.44 bits per heavy atom. The molecular weight excluding hydrogens is 344 g/mol. The van der Waals surface area contributed by atoms with E-state index < -0.39 is 12.3 Å². The van der Waals surface area contributed by atoms with Crippen LogP contribution in [0.15, 0.2) is 52.1 Å². The van der Waals surface area contributed by atoms with Crippen molar-refractivity contribution in [2.45, 2.75) is 6.54 Å². The van der Waals surface area contributed by atoms with Crippen molar-refractivity contribution in [2.75, 3.05) is 6.61 Å². The van der Waals surface area contributed by atoms with Gasteiger partial charge in [0.15, 0.2) is 5.78 Å². The van der Waals surface area contributed by atoms with E-state index in [-0.39, 0.29) is 17.9 Å². The molecule has 0 saturated heterocycles. The first-order chi connectivity index (χ1) is 11.9. The van der Waals surface area contributed by atoms with Crippen LogP contribution in [-0.4, -0.2) is 26.6 Å². The molecule has 25 heavy (non-hydrogen) atoms. The first-order valence-corrected chi connectivity index (χ1v) is 7.92. The highest BCUT2D eigenvalue weighted by Gasteiger charge is 2.12. The van der Waals surface area contributed by atoms with E-state index in [1.165, 1.54) is 11.6 Å². The Morgan fingerprint density at radius 1 is 1.12 bits per heavy atom. The number of aromatic nitrogens is 2. The van der Waals surface area contributed by atoms with E-state index in [9.17, 15) is 14.4 Å². The fraction of sp³-hybridized carbons (Fsp3) is 0.167. The lowest BCUT2D eigenvalue weighted by molar-refractivity contribution is 0.0903. The largest absolute Gasteiger partial charge is 0.388 e. The summed E-state index contributed by atoms with van der Waals surface area (Å²) in [5.41, 5.74) is 0.798. The van der Waals surface area contributed by atoms with Crippen molar-refractivity contribution in [3.63, 3.8) is 0 Å². The Hall–Kier alpha value is -2.70. The Morgan fingerprint density at radius 2 is 1.80 bits per heavy atom. The van der Waals surface area contributed by atoms with Gasteiger partial charge in [-0.15, -0.1) is 0 Å². The minimum absolute atomic E-state index is 0.220. The summed E-state index contributed by atoms with van der Waals surface area (Å²) < 4.78 is 2.52. The number of fused-ring (bicyclic) bond motifs is 1. The van der Waals surface area contributed by atoms with Gasteiger partial charge in [-0.2, -0.15) is 0 Å². The van der Waals surface area contributed by atoms with E-state index >= 15 is 0 Å². The normalized spacial score (nSPS) is 11.0. The van der Waals surface area contributed by atoms with Gasteiger partial charge in [-0.1, -0.05) is 35.9 Å². The quantitative estimate of drug-likeness (QED) is 0.718. The third kappa shape index (κ3) is 3.14. The smallest absolute Gasteiger partial charge is 0.331 e. The highest BCUT2D eigenvalue weighted by atomic mass is 35.5. The summed E-state index contributed by atoms with van der Waals surface area (Å²) in [7, 11) is 1.43. The standard InChI is InChI=1S/C18H15ClN2O4/c1-20-17(24)14-7-6-13(19)8-15(14)21(18(20)25)9-11-2-4-12(5-3-11)16(23)10-22/h2-8,22H,9-10H2,1H3. The molecule has 0 aliphatic heterocycles. The Kier molecular flexibility index (Phi) is 4.57. The summed E-state index contributed by atoms with van der Waals surface area (Å²) >= 11 is 6.02. The van der Waals surface area contributed by atoms with E-state index in [1.54, 1.807) is 42.5 Å². The zero-order valence-electron chi connectivity index (χ0n) is 13.4. The number of Topliss-reactive ketones (excluding diaryl/α,β-unsaturated/α-hetero) is 1. The Balaban J connectivity index is 2.13. The SMILES string of the molecule is Cn1c(=O)c2ccc(Cl)cc2n(Cc2ccc(C(=O)CO)cc2)c1=O. The molecular formula is C18H15ClN2O4. The molecule has 128 valence electrons. The van der Waals surface area contributed by atoms with Crippen LogP contribution in [0, 0.1) is 0 Å². The van der Waals surface area contributed by atoms with Crippen molar-refractivity contribution in [3.8, 4) is 0 Å². The van der Waals surface area contributed by atoms with Gasteiger partial charge in [0, 0.05) is 17.6 Å². The highest BCUT2D eigenvalue weighted by Crippen LogP contribution is 2.17. The maximum Gasteiger partial charge on any atom is 0.331 e. The van der Waals surface area contributed by atoms with Gasteiger partial charge in [-0.25, -0.2) is 4.79 Å². The van der Waals surface area contributed by atoms with E-state index in [1.807, 2.05) is 0 Å². The van der Waals surface area contributed by atoms with Gasteiger partial charge < -0.3 is 5.11 Å². The number of hydrogen-bond donors (Lipinski definition) is 1. The summed E-state index contributed by atoms with van der Waals surface area (Å²) in [6.07, 6.45) is 0. The van der Waals surface area contributed by atoms with Crippen LogP contribution in [0.5, 0.6) is 0 Å². The molecule has 0 fully saturated rings. The summed E-state index contributed by atoms with van der Waals surface area (Å²) in [6.45, 7) is -0.333. The topological polar surface area (TPSA) is 81.3 Å². The highest BCUT2D eigenvalue weighted by molar-refractivity contribution is 6.31. The van der Waals surface area contributed by atoms with Gasteiger partial charge in [-0.05, 0) is 23.8 Å². The van der Waals surface area contributed by atoms with Crippen molar-refractivity contribution in [2.24, 2.45) is 7.05 Å². The fourth-order valence-corrected chi connectivity index (χ4v) is 2.85. The van der Waals surface area contributed by atoms with Gasteiger partial charge in [0.25, 0.3) is 5.56 Å². The van der Waals surface area contributed by atoms with Gasteiger partial charge in [0.05, 0.1) is 17.4 Å². The predicted molar refractivity (Wildman–Crippen MR) is 95.4 cm³/mol. The molecule has 0 amide bonds. The number of carbonyl (C=O) groups excluding carboxylic acids is 1. The molecule has 0 saturated carbocycles. The molecule has 7 heteroatoms. The average Bonchev–Trinajstić information content (AvgIpc) is 2.63. The molecule has 0 spiro atoms. The number of benzene rings is 2. The maximum absolute atomic E-state index is 12.5. The fourth-order valence-electron chi connectivity index (χ4n) is 2.68. The third-order valence-corrected chi connectivity index (χ3v) is 4.30. The van der Waals surface area contributed by atoms with Crippen molar-refractivity contribution in [3.05, 3.63) is 79.5 Å². The molecule has 3 rings (SSSR count). The van der Waals surface area contributed by atoms with Gasteiger partial charge in [-0.3, -0.25) is 18.7 Å². The second-order valence-electron chi connectivity index (χ2n) is 5.67. The first kappa shape index (κ1) is 17.1. The number of aliphatic hydroxyl groups is 1. The lowest BCUT2D eigenvalue weighted by Gasteiger charge is -2.12. The van der Waals surface area contributed by atoms with E-state index in [0.29, 0.717) is 21.5 Å². The number of hydrogen-bond acceptors (Lipinski definition) is 4. The molecule has 1 heterocycles. The van der Waals surface area contributed by atoms with E-state index in [0.717, 1.165) is 10.1 Å². The van der Waals surface area contributed by atoms with Crippen molar-refractivity contribution < 1.29 is 9.90 Å². The van der Waals surface area contributed by atoms with Gasteiger partial charge >= 0.3 is 5.69 Å². The van der Waals surface area contributed by atoms with Crippen molar-refractivity contribution in [1.82, 2.24) is 9.13 Å².